The number of unbranched alkanes of at least 4 members (excludes halogenated alkanes) is 1. The van der Waals surface area contributed by atoms with Gasteiger partial charge in [-0.25, -0.2) is 0 Å². The van der Waals surface area contributed by atoms with E-state index in [-0.39, 0.29) is 24.8 Å². The number of aliphatic hydroxyl groups is 1. The second-order valence-electron chi connectivity index (χ2n) is 5.77. The molecule has 1 aliphatic heterocycles. The van der Waals surface area contributed by atoms with E-state index in [0.717, 1.165) is 17.7 Å². The summed E-state index contributed by atoms with van der Waals surface area (Å²) < 4.78 is 5.29. The lowest BCUT2D eigenvalue weighted by Crippen LogP contribution is -2.34. The van der Waals surface area contributed by atoms with Crippen LogP contribution in [-0.4, -0.2) is 48.0 Å². The van der Waals surface area contributed by atoms with Crippen molar-refractivity contribution in [2.24, 2.45) is 0 Å². The molecule has 0 atom stereocenters. The lowest BCUT2D eigenvalue weighted by Gasteiger charge is -2.15. The molecule has 1 aromatic carbocycles. The number of imide groups is 1. The van der Waals surface area contributed by atoms with E-state index in [1.54, 1.807) is 18.2 Å². The summed E-state index contributed by atoms with van der Waals surface area (Å²) in [5, 5.41) is 14.6. The van der Waals surface area contributed by atoms with Crippen LogP contribution in [0.3, 0.4) is 0 Å². The number of nitrogens with zero attached hydrogens (tertiary/aromatic N) is 1. The molecule has 0 saturated carbocycles. The molecule has 1 heterocycles. The van der Waals surface area contributed by atoms with Crippen LogP contribution in [-0.2, 0) is 14.4 Å². The maximum Gasteiger partial charge on any atom is 0.277 e. The molecule has 0 aliphatic carbocycles. The van der Waals surface area contributed by atoms with Crippen molar-refractivity contribution in [2.75, 3.05) is 30.9 Å². The lowest BCUT2D eigenvalue weighted by molar-refractivity contribution is -0.137. The van der Waals surface area contributed by atoms with Crippen LogP contribution >= 0.6 is 0 Å². The molecule has 1 aliphatic rings. The highest BCUT2D eigenvalue weighted by Crippen LogP contribution is 2.29. The van der Waals surface area contributed by atoms with E-state index in [1.807, 2.05) is 6.92 Å². The third kappa shape index (κ3) is 4.60. The lowest BCUT2D eigenvalue weighted by atomic mass is 10.2. The Kier molecular flexibility index (Phi) is 6.74. The Morgan fingerprint density at radius 2 is 2.08 bits per heavy atom. The van der Waals surface area contributed by atoms with Gasteiger partial charge in [-0.1, -0.05) is 13.3 Å². The smallest absolute Gasteiger partial charge is 0.277 e. The maximum atomic E-state index is 12.2. The van der Waals surface area contributed by atoms with Gasteiger partial charge in [-0.2, -0.15) is 0 Å². The van der Waals surface area contributed by atoms with Crippen LogP contribution in [0, 0.1) is 0 Å². The summed E-state index contributed by atoms with van der Waals surface area (Å²) in [4.78, 5) is 36.8. The minimum absolute atomic E-state index is 0.0502. The van der Waals surface area contributed by atoms with Gasteiger partial charge in [0.25, 0.3) is 11.8 Å². The van der Waals surface area contributed by atoms with Crippen molar-refractivity contribution in [3.05, 3.63) is 30.0 Å². The average Bonchev–Trinajstić information content (AvgIpc) is 2.89. The average molecular weight is 361 g/mol. The molecule has 3 N–H and O–H groups in total. The molecule has 8 nitrogen and oxygen atoms in total. The fourth-order valence-electron chi connectivity index (χ4n) is 2.49. The van der Waals surface area contributed by atoms with Gasteiger partial charge in [0.1, 0.15) is 11.4 Å². The van der Waals surface area contributed by atoms with E-state index >= 15 is 0 Å². The minimum Gasteiger partial charge on any atom is -0.494 e. The summed E-state index contributed by atoms with van der Waals surface area (Å²) in [5.74, 6) is -0.632. The number of carbonyl (C=O) groups is 3. The molecular formula is C18H23N3O5. The number of benzene rings is 1. The molecule has 8 heteroatoms. The van der Waals surface area contributed by atoms with Crippen molar-refractivity contribution in [3.8, 4) is 5.75 Å². The van der Waals surface area contributed by atoms with E-state index < -0.39 is 11.8 Å². The Balaban J connectivity index is 2.10. The molecule has 3 amide bonds. The van der Waals surface area contributed by atoms with Crippen LogP contribution in [0.1, 0.15) is 26.2 Å². The van der Waals surface area contributed by atoms with Gasteiger partial charge in [0.15, 0.2) is 0 Å². The number of anilines is 2. The zero-order valence-electron chi connectivity index (χ0n) is 14.9. The first-order chi connectivity index (χ1) is 12.5. The van der Waals surface area contributed by atoms with Crippen molar-refractivity contribution in [1.29, 1.82) is 0 Å². The van der Waals surface area contributed by atoms with Crippen molar-refractivity contribution < 1.29 is 24.2 Å². The van der Waals surface area contributed by atoms with Crippen molar-refractivity contribution in [1.82, 2.24) is 4.90 Å². The van der Waals surface area contributed by atoms with Crippen LogP contribution in [0.5, 0.6) is 5.75 Å². The Morgan fingerprint density at radius 1 is 1.31 bits per heavy atom. The molecule has 0 unspecified atom stereocenters. The standard InChI is InChI=1S/C18H23N3O5/c1-3-4-5-16(23)20-13-7-6-12(10-15(13)26-2)19-14-11-17(24)21(8-9-22)18(14)25/h6-7,10-11,19,22H,3-5,8-9H2,1-2H3,(H,20,23). The highest BCUT2D eigenvalue weighted by Gasteiger charge is 2.30. The van der Waals surface area contributed by atoms with Gasteiger partial charge in [-0.05, 0) is 18.6 Å². The van der Waals surface area contributed by atoms with Gasteiger partial charge in [0.05, 0.1) is 25.9 Å². The summed E-state index contributed by atoms with van der Waals surface area (Å²) in [6.45, 7) is 1.67. The first-order valence-corrected chi connectivity index (χ1v) is 8.43. The van der Waals surface area contributed by atoms with Crippen LogP contribution in [0.15, 0.2) is 30.0 Å². The molecule has 0 saturated heterocycles. The van der Waals surface area contributed by atoms with Crippen LogP contribution in [0.4, 0.5) is 11.4 Å². The van der Waals surface area contributed by atoms with Gasteiger partial charge < -0.3 is 20.5 Å². The quantitative estimate of drug-likeness (QED) is 0.575. The molecule has 0 aromatic heterocycles. The topological polar surface area (TPSA) is 108 Å². The third-order valence-corrected chi connectivity index (χ3v) is 3.85. The predicted molar refractivity (Wildman–Crippen MR) is 96.7 cm³/mol. The van der Waals surface area contributed by atoms with Gasteiger partial charge in [-0.15, -0.1) is 0 Å². The van der Waals surface area contributed by atoms with Crippen molar-refractivity contribution in [2.45, 2.75) is 26.2 Å². The first-order valence-electron chi connectivity index (χ1n) is 8.43. The number of β-amino-alcohol motifs (C(OH)–C–C–N with tert-alkyl or cyclic N) is 1. The van der Waals surface area contributed by atoms with Crippen LogP contribution < -0.4 is 15.4 Å². The molecule has 0 bridgehead atoms. The van der Waals surface area contributed by atoms with Gasteiger partial charge in [0.2, 0.25) is 5.91 Å². The molecule has 0 radical (unpaired) electrons. The fourth-order valence-corrected chi connectivity index (χ4v) is 2.49. The molecule has 1 aromatic rings. The van der Waals surface area contributed by atoms with E-state index in [2.05, 4.69) is 10.6 Å². The highest BCUT2D eigenvalue weighted by atomic mass is 16.5. The Labute approximate surface area is 151 Å². The predicted octanol–water partition coefficient (Wildman–Crippen LogP) is 1.48. The first kappa shape index (κ1) is 19.5. The molecule has 0 fully saturated rings. The minimum atomic E-state index is -0.500. The largest absolute Gasteiger partial charge is 0.494 e. The van der Waals surface area contributed by atoms with E-state index in [9.17, 15) is 14.4 Å². The third-order valence-electron chi connectivity index (χ3n) is 3.85. The number of nitrogens with one attached hydrogen (secondary N) is 2. The number of aliphatic hydroxyl groups excluding tert-OH is 1. The number of hydrogen-bond donors (Lipinski definition) is 3. The molecule has 140 valence electrons. The fraction of sp³-hybridized carbons (Fsp3) is 0.389. The van der Waals surface area contributed by atoms with Crippen LogP contribution in [0.25, 0.3) is 0 Å². The van der Waals surface area contributed by atoms with E-state index in [0.29, 0.717) is 23.5 Å². The molecule has 26 heavy (non-hydrogen) atoms. The number of rotatable bonds is 9. The zero-order valence-corrected chi connectivity index (χ0v) is 14.9. The van der Waals surface area contributed by atoms with E-state index in [1.165, 1.54) is 13.2 Å². The van der Waals surface area contributed by atoms with Crippen molar-refractivity contribution >= 4 is 29.1 Å². The Bertz CT molecular complexity index is 730. The normalized spacial score (nSPS) is 13.7. The number of methoxy groups -OCH3 is 1. The second-order valence-corrected chi connectivity index (χ2v) is 5.77. The summed E-state index contributed by atoms with van der Waals surface area (Å²) in [7, 11) is 1.48. The SMILES string of the molecule is CCCCC(=O)Nc1ccc(NC2=CC(=O)N(CCO)C2=O)cc1OC. The van der Waals surface area contributed by atoms with Crippen molar-refractivity contribution in [3.63, 3.8) is 0 Å². The summed E-state index contributed by atoms with van der Waals surface area (Å²) in [6.07, 6.45) is 3.36. The van der Waals surface area contributed by atoms with E-state index in [4.69, 9.17) is 9.84 Å². The van der Waals surface area contributed by atoms with Gasteiger partial charge in [0, 0.05) is 24.3 Å². The number of amides is 3. The van der Waals surface area contributed by atoms with Gasteiger partial charge in [-0.3, -0.25) is 19.3 Å². The maximum absolute atomic E-state index is 12.2. The Hall–Kier alpha value is -2.87. The number of carbonyl (C=O) groups excluding carboxylic acids is 3. The summed E-state index contributed by atoms with van der Waals surface area (Å²) in [5.41, 5.74) is 1.18. The van der Waals surface area contributed by atoms with Gasteiger partial charge >= 0.3 is 0 Å². The zero-order chi connectivity index (χ0) is 19.1. The van der Waals surface area contributed by atoms with Crippen LogP contribution in [0.2, 0.25) is 0 Å². The number of hydrogen-bond acceptors (Lipinski definition) is 6. The number of ether oxygens (including phenoxy) is 1. The molecular weight excluding hydrogens is 338 g/mol. The molecule has 2 rings (SSSR count). The summed E-state index contributed by atoms with van der Waals surface area (Å²) >= 11 is 0. The highest BCUT2D eigenvalue weighted by molar-refractivity contribution is 6.17. The Morgan fingerprint density at radius 3 is 2.73 bits per heavy atom. The summed E-state index contributed by atoms with van der Waals surface area (Å²) in [6, 6.07) is 4.96. The monoisotopic (exact) mass is 361 g/mol. The molecule has 0 spiro atoms. The second kappa shape index (κ2) is 9.00.